The molecule has 0 saturated heterocycles. The third-order valence-electron chi connectivity index (χ3n) is 1.45. The van der Waals surface area contributed by atoms with E-state index in [9.17, 15) is 0 Å². The van der Waals surface area contributed by atoms with Crippen LogP contribution < -0.4 is 0 Å². The Morgan fingerprint density at radius 1 is 1.45 bits per heavy atom. The van der Waals surface area contributed by atoms with Gasteiger partial charge in [0.15, 0.2) is 0 Å². The molecule has 0 fully saturated rings. The Kier molecular flexibility index (Phi) is 8.81. The first-order valence-electron chi connectivity index (χ1n) is 3.94. The number of alkyl halides is 1. The first kappa shape index (κ1) is 11.4. The molecule has 0 saturated carbocycles. The Balaban J connectivity index is 2.89. The molecule has 1 atom stereocenters. The number of rotatable bonds is 7. The number of hydrogen-bond acceptors (Lipinski definition) is 2. The van der Waals surface area contributed by atoms with Gasteiger partial charge in [-0.15, -0.1) is 0 Å². The lowest BCUT2D eigenvalue weighted by Crippen LogP contribution is -2.02. The van der Waals surface area contributed by atoms with Gasteiger partial charge in [0.25, 0.3) is 0 Å². The average Bonchev–Trinajstić information content (AvgIpc) is 2.04. The molecule has 0 aromatic rings. The number of halogens is 1. The van der Waals surface area contributed by atoms with E-state index < -0.39 is 0 Å². The summed E-state index contributed by atoms with van der Waals surface area (Å²) in [5, 5.41) is 1.08. The van der Waals surface area contributed by atoms with Crippen molar-refractivity contribution >= 4 is 15.9 Å². The fourth-order valence-corrected chi connectivity index (χ4v) is 1.08. The van der Waals surface area contributed by atoms with Crippen LogP contribution in [0, 0.1) is 5.92 Å². The van der Waals surface area contributed by atoms with E-state index in [4.69, 9.17) is 9.47 Å². The van der Waals surface area contributed by atoms with E-state index in [1.54, 1.807) is 7.11 Å². The Hall–Kier alpha value is 0.400. The van der Waals surface area contributed by atoms with E-state index >= 15 is 0 Å². The molecule has 68 valence electrons. The van der Waals surface area contributed by atoms with E-state index in [1.807, 2.05) is 0 Å². The van der Waals surface area contributed by atoms with Crippen LogP contribution in [0.5, 0.6) is 0 Å². The van der Waals surface area contributed by atoms with E-state index in [-0.39, 0.29) is 0 Å². The van der Waals surface area contributed by atoms with Crippen LogP contribution in [-0.2, 0) is 9.47 Å². The van der Waals surface area contributed by atoms with Gasteiger partial charge in [-0.25, -0.2) is 0 Å². The fourth-order valence-electron chi connectivity index (χ4n) is 0.753. The lowest BCUT2D eigenvalue weighted by molar-refractivity contribution is -0.0320. The van der Waals surface area contributed by atoms with Crippen LogP contribution in [0.15, 0.2) is 0 Å². The van der Waals surface area contributed by atoms with Gasteiger partial charge in [0.1, 0.15) is 6.79 Å². The molecule has 0 amide bonds. The molecule has 0 unspecified atom stereocenters. The fraction of sp³-hybridized carbons (Fsp3) is 1.00. The molecule has 0 spiro atoms. The monoisotopic (exact) mass is 224 g/mol. The molecule has 0 N–H and O–H groups in total. The maximum Gasteiger partial charge on any atom is 0.146 e. The van der Waals surface area contributed by atoms with Gasteiger partial charge in [-0.3, -0.25) is 0 Å². The lowest BCUT2D eigenvalue weighted by Gasteiger charge is -2.06. The summed E-state index contributed by atoms with van der Waals surface area (Å²) in [6, 6.07) is 0. The maximum atomic E-state index is 5.14. The van der Waals surface area contributed by atoms with E-state index in [0.29, 0.717) is 6.79 Å². The Bertz CT molecular complexity index is 78.5. The minimum absolute atomic E-state index is 0.419. The minimum Gasteiger partial charge on any atom is -0.359 e. The lowest BCUT2D eigenvalue weighted by atomic mass is 10.1. The number of ether oxygens (including phenoxy) is 2. The highest BCUT2D eigenvalue weighted by Crippen LogP contribution is 2.07. The highest BCUT2D eigenvalue weighted by molar-refractivity contribution is 9.09. The summed E-state index contributed by atoms with van der Waals surface area (Å²) in [5.74, 6) is 0.751. The van der Waals surface area contributed by atoms with Crippen molar-refractivity contribution in [2.24, 2.45) is 5.92 Å². The van der Waals surface area contributed by atoms with Crippen LogP contribution in [0.2, 0.25) is 0 Å². The Labute approximate surface area is 77.4 Å². The third-order valence-corrected chi connectivity index (χ3v) is 2.56. The van der Waals surface area contributed by atoms with Gasteiger partial charge in [-0.05, 0) is 18.8 Å². The summed E-state index contributed by atoms with van der Waals surface area (Å²) in [5.41, 5.74) is 0. The molecule has 0 aliphatic heterocycles. The molecule has 3 heteroatoms. The first-order valence-corrected chi connectivity index (χ1v) is 5.06. The summed E-state index contributed by atoms with van der Waals surface area (Å²) in [4.78, 5) is 0. The quantitative estimate of drug-likeness (QED) is 0.376. The zero-order chi connectivity index (χ0) is 8.53. The number of hydrogen-bond donors (Lipinski definition) is 0. The summed E-state index contributed by atoms with van der Waals surface area (Å²) < 4.78 is 9.88. The summed E-state index contributed by atoms with van der Waals surface area (Å²) >= 11 is 3.43. The normalized spacial score (nSPS) is 13.4. The van der Waals surface area contributed by atoms with Gasteiger partial charge in [-0.1, -0.05) is 22.9 Å². The van der Waals surface area contributed by atoms with Crippen molar-refractivity contribution in [3.05, 3.63) is 0 Å². The molecule has 0 aliphatic carbocycles. The average molecular weight is 225 g/mol. The molecule has 0 heterocycles. The highest BCUT2D eigenvalue weighted by atomic mass is 79.9. The van der Waals surface area contributed by atoms with Crippen LogP contribution in [0.4, 0.5) is 0 Å². The van der Waals surface area contributed by atoms with E-state index in [0.717, 1.165) is 24.3 Å². The van der Waals surface area contributed by atoms with Crippen LogP contribution in [-0.4, -0.2) is 25.8 Å². The summed E-state index contributed by atoms with van der Waals surface area (Å²) in [7, 11) is 1.64. The molecular weight excluding hydrogens is 208 g/mol. The molecule has 0 radical (unpaired) electrons. The van der Waals surface area contributed by atoms with Gasteiger partial charge in [0.05, 0.1) is 0 Å². The molecule has 0 aromatic carbocycles. The molecule has 0 aromatic heterocycles. The molecule has 0 rings (SSSR count). The topological polar surface area (TPSA) is 18.5 Å². The molecule has 11 heavy (non-hydrogen) atoms. The van der Waals surface area contributed by atoms with Gasteiger partial charge in [0.2, 0.25) is 0 Å². The predicted molar refractivity (Wildman–Crippen MR) is 50.0 cm³/mol. The van der Waals surface area contributed by atoms with Crippen molar-refractivity contribution in [2.75, 3.05) is 25.8 Å². The maximum absolute atomic E-state index is 5.14. The molecule has 0 bridgehead atoms. The minimum atomic E-state index is 0.419. The molecule has 0 aliphatic rings. The van der Waals surface area contributed by atoms with Crippen molar-refractivity contribution in [2.45, 2.75) is 19.8 Å². The standard InChI is InChI=1S/C8H17BrO2/c1-8(6-9)4-3-5-11-7-10-2/h8H,3-7H2,1-2H3/t8-/m1/s1. The largest absolute Gasteiger partial charge is 0.359 e. The van der Waals surface area contributed by atoms with E-state index in [1.165, 1.54) is 6.42 Å². The zero-order valence-corrected chi connectivity index (χ0v) is 8.89. The second-order valence-electron chi connectivity index (χ2n) is 2.72. The van der Waals surface area contributed by atoms with Crippen LogP contribution >= 0.6 is 15.9 Å². The number of methoxy groups -OCH3 is 1. The second-order valence-corrected chi connectivity index (χ2v) is 3.36. The van der Waals surface area contributed by atoms with Crippen LogP contribution in [0.1, 0.15) is 19.8 Å². The van der Waals surface area contributed by atoms with Crippen molar-refractivity contribution in [1.29, 1.82) is 0 Å². The summed E-state index contributed by atoms with van der Waals surface area (Å²) in [6.07, 6.45) is 2.34. The van der Waals surface area contributed by atoms with Gasteiger partial charge in [-0.2, -0.15) is 0 Å². The third kappa shape index (κ3) is 8.30. The van der Waals surface area contributed by atoms with Gasteiger partial charge >= 0.3 is 0 Å². The molecular formula is C8H17BrO2. The van der Waals surface area contributed by atoms with Crippen molar-refractivity contribution in [3.63, 3.8) is 0 Å². The first-order chi connectivity index (χ1) is 5.31. The zero-order valence-electron chi connectivity index (χ0n) is 7.31. The second kappa shape index (κ2) is 8.50. The van der Waals surface area contributed by atoms with Gasteiger partial charge in [0, 0.05) is 19.0 Å². The van der Waals surface area contributed by atoms with E-state index in [2.05, 4.69) is 22.9 Å². The Morgan fingerprint density at radius 3 is 2.73 bits per heavy atom. The smallest absolute Gasteiger partial charge is 0.146 e. The van der Waals surface area contributed by atoms with Crippen LogP contribution in [0.25, 0.3) is 0 Å². The predicted octanol–water partition coefficient (Wildman–Crippen LogP) is 2.42. The SMILES string of the molecule is COCOCCC[C@@H](C)CBr. The Morgan fingerprint density at radius 2 is 2.18 bits per heavy atom. The van der Waals surface area contributed by atoms with Crippen molar-refractivity contribution in [1.82, 2.24) is 0 Å². The van der Waals surface area contributed by atoms with Gasteiger partial charge < -0.3 is 9.47 Å². The van der Waals surface area contributed by atoms with Crippen LogP contribution in [0.3, 0.4) is 0 Å². The molecule has 2 nitrogen and oxygen atoms in total. The van der Waals surface area contributed by atoms with Crippen molar-refractivity contribution < 1.29 is 9.47 Å². The summed E-state index contributed by atoms with van der Waals surface area (Å²) in [6.45, 7) is 3.46. The van der Waals surface area contributed by atoms with Crippen molar-refractivity contribution in [3.8, 4) is 0 Å². The highest BCUT2D eigenvalue weighted by Gasteiger charge is 1.98.